The molecule has 3 rings (SSSR count). The smallest absolute Gasteiger partial charge is 0.173 e. The van der Waals surface area contributed by atoms with E-state index in [9.17, 15) is 0 Å². The lowest BCUT2D eigenvalue weighted by molar-refractivity contribution is 0.395. The summed E-state index contributed by atoms with van der Waals surface area (Å²) < 4.78 is 7.38. The monoisotopic (exact) mass is 428 g/mol. The number of anilines is 1. The Morgan fingerprint density at radius 2 is 2.10 bits per heavy atom. The highest BCUT2D eigenvalue weighted by molar-refractivity contribution is 7.80. The first kappa shape index (κ1) is 21.1. The molecule has 152 valence electrons. The maximum absolute atomic E-state index is 6.13. The number of hydrogen-bond donors (Lipinski definition) is 1. The highest BCUT2D eigenvalue weighted by Gasteiger charge is 2.13. The molecule has 0 bridgehead atoms. The molecule has 29 heavy (non-hydrogen) atoms. The molecule has 3 aromatic rings. The number of aryl methyl sites for hydroxylation is 2. The van der Waals surface area contributed by atoms with Crippen molar-refractivity contribution < 1.29 is 4.74 Å². The van der Waals surface area contributed by atoms with Crippen molar-refractivity contribution >= 4 is 34.6 Å². The minimum atomic E-state index is 0.570. The number of halogens is 1. The van der Waals surface area contributed by atoms with Crippen LogP contribution in [0.2, 0.25) is 5.02 Å². The summed E-state index contributed by atoms with van der Waals surface area (Å²) in [4.78, 5) is 6.29. The lowest BCUT2D eigenvalue weighted by atomic mass is 10.1. The van der Waals surface area contributed by atoms with E-state index in [2.05, 4.69) is 51.0 Å². The number of benzene rings is 2. The number of thiocarbonyl (C=S) groups is 1. The molecule has 0 aliphatic heterocycles. The molecular weight excluding hydrogens is 404 g/mol. The van der Waals surface area contributed by atoms with Crippen molar-refractivity contribution in [3.05, 3.63) is 77.3 Å². The molecule has 0 radical (unpaired) electrons. The van der Waals surface area contributed by atoms with E-state index in [4.69, 9.17) is 28.6 Å². The second-order valence-electron chi connectivity index (χ2n) is 6.78. The third-order valence-electron chi connectivity index (χ3n) is 4.72. The molecule has 7 heteroatoms. The van der Waals surface area contributed by atoms with E-state index in [1.807, 2.05) is 24.7 Å². The van der Waals surface area contributed by atoms with Crippen LogP contribution in [-0.4, -0.2) is 33.2 Å². The molecule has 0 saturated carbocycles. The Bertz CT molecular complexity index is 946. The van der Waals surface area contributed by atoms with Crippen LogP contribution in [-0.2, 0) is 13.1 Å². The Hall–Kier alpha value is -2.57. The molecule has 0 atom stereocenters. The topological polar surface area (TPSA) is 42.3 Å². The van der Waals surface area contributed by atoms with Crippen LogP contribution in [0.1, 0.15) is 17.5 Å². The SMILES string of the molecule is COc1cc(NC(=S)N(CCCn2ccnc2)Cc2ccccc2C)ccc1Cl. The van der Waals surface area contributed by atoms with E-state index >= 15 is 0 Å². The fourth-order valence-corrected chi connectivity index (χ4v) is 3.52. The van der Waals surface area contributed by atoms with Gasteiger partial charge in [-0.2, -0.15) is 0 Å². The van der Waals surface area contributed by atoms with Gasteiger partial charge < -0.3 is 19.5 Å². The van der Waals surface area contributed by atoms with Crippen LogP contribution in [0.25, 0.3) is 0 Å². The molecule has 1 N–H and O–H groups in total. The van der Waals surface area contributed by atoms with Crippen molar-refractivity contribution in [3.63, 3.8) is 0 Å². The van der Waals surface area contributed by atoms with Crippen LogP contribution in [0.3, 0.4) is 0 Å². The Morgan fingerprint density at radius 1 is 1.28 bits per heavy atom. The molecule has 0 aliphatic rings. The van der Waals surface area contributed by atoms with Gasteiger partial charge in [0.2, 0.25) is 0 Å². The lowest BCUT2D eigenvalue weighted by Crippen LogP contribution is -2.35. The zero-order chi connectivity index (χ0) is 20.6. The largest absolute Gasteiger partial charge is 0.495 e. The molecule has 0 aliphatic carbocycles. The van der Waals surface area contributed by atoms with Gasteiger partial charge in [-0.1, -0.05) is 35.9 Å². The van der Waals surface area contributed by atoms with Crippen LogP contribution in [0.4, 0.5) is 5.69 Å². The number of ether oxygens (including phenoxy) is 1. The number of methoxy groups -OCH3 is 1. The molecule has 2 aromatic carbocycles. The summed E-state index contributed by atoms with van der Waals surface area (Å²) in [7, 11) is 1.60. The lowest BCUT2D eigenvalue weighted by Gasteiger charge is -2.27. The average Bonchev–Trinajstić information content (AvgIpc) is 3.23. The zero-order valence-electron chi connectivity index (χ0n) is 16.6. The van der Waals surface area contributed by atoms with Crippen molar-refractivity contribution in [1.82, 2.24) is 14.5 Å². The summed E-state index contributed by atoms with van der Waals surface area (Å²) in [6.45, 7) is 4.58. The summed E-state index contributed by atoms with van der Waals surface area (Å²) in [5.74, 6) is 0.616. The van der Waals surface area contributed by atoms with Crippen molar-refractivity contribution in [2.75, 3.05) is 19.0 Å². The van der Waals surface area contributed by atoms with E-state index in [1.54, 1.807) is 19.4 Å². The first-order chi connectivity index (χ1) is 14.1. The predicted octanol–water partition coefficient (Wildman–Crippen LogP) is 5.14. The van der Waals surface area contributed by atoms with Gasteiger partial charge in [0.05, 0.1) is 18.5 Å². The molecule has 0 saturated heterocycles. The highest BCUT2D eigenvalue weighted by atomic mass is 35.5. The van der Waals surface area contributed by atoms with Gasteiger partial charge in [-0.15, -0.1) is 0 Å². The molecular formula is C22H25ClN4OS. The first-order valence-electron chi connectivity index (χ1n) is 9.46. The third-order valence-corrected chi connectivity index (χ3v) is 5.39. The number of nitrogens with one attached hydrogen (secondary N) is 1. The van der Waals surface area contributed by atoms with Gasteiger partial charge in [0.15, 0.2) is 5.11 Å². The van der Waals surface area contributed by atoms with Gasteiger partial charge in [0.1, 0.15) is 5.75 Å². The molecule has 0 unspecified atom stereocenters. The summed E-state index contributed by atoms with van der Waals surface area (Å²) >= 11 is 11.9. The molecule has 5 nitrogen and oxygen atoms in total. The Balaban J connectivity index is 1.71. The molecule has 1 heterocycles. The van der Waals surface area contributed by atoms with E-state index in [0.29, 0.717) is 15.9 Å². The Morgan fingerprint density at radius 3 is 2.83 bits per heavy atom. The van der Waals surface area contributed by atoms with Crippen LogP contribution in [0, 0.1) is 6.92 Å². The maximum Gasteiger partial charge on any atom is 0.173 e. The van der Waals surface area contributed by atoms with Gasteiger partial charge in [0.25, 0.3) is 0 Å². The molecule has 0 amide bonds. The molecule has 1 aromatic heterocycles. The van der Waals surface area contributed by atoms with Crippen molar-refractivity contribution in [2.45, 2.75) is 26.4 Å². The fraction of sp³-hybridized carbons (Fsp3) is 0.273. The summed E-state index contributed by atoms with van der Waals surface area (Å²) in [6.07, 6.45) is 6.56. The van der Waals surface area contributed by atoms with E-state index in [-0.39, 0.29) is 0 Å². The summed E-state index contributed by atoms with van der Waals surface area (Å²) in [5, 5.41) is 4.57. The molecule has 0 fully saturated rings. The Labute approximate surface area is 182 Å². The minimum Gasteiger partial charge on any atom is -0.495 e. The van der Waals surface area contributed by atoms with Crippen LogP contribution in [0.15, 0.2) is 61.2 Å². The van der Waals surface area contributed by atoms with Gasteiger partial charge >= 0.3 is 0 Å². The average molecular weight is 429 g/mol. The summed E-state index contributed by atoms with van der Waals surface area (Å²) in [5.41, 5.74) is 3.36. The number of nitrogens with zero attached hydrogens (tertiary/aromatic N) is 3. The van der Waals surface area contributed by atoms with Gasteiger partial charge in [0, 0.05) is 43.8 Å². The summed E-state index contributed by atoms with van der Waals surface area (Å²) in [6, 6.07) is 13.9. The zero-order valence-corrected chi connectivity index (χ0v) is 18.2. The van der Waals surface area contributed by atoms with Gasteiger partial charge in [-0.3, -0.25) is 0 Å². The standard InChI is InChI=1S/C22H25ClN4OS/c1-17-6-3-4-7-18(17)15-27(12-5-11-26-13-10-24-16-26)22(29)25-19-8-9-20(23)21(14-19)28-2/h3-4,6-10,13-14,16H,5,11-12,15H2,1-2H3,(H,25,29). The number of aromatic nitrogens is 2. The predicted molar refractivity (Wildman–Crippen MR) is 123 cm³/mol. The van der Waals surface area contributed by atoms with E-state index < -0.39 is 0 Å². The van der Waals surface area contributed by atoms with Gasteiger partial charge in [-0.25, -0.2) is 4.98 Å². The number of imidazole rings is 1. The number of rotatable bonds is 8. The number of hydrogen-bond acceptors (Lipinski definition) is 3. The minimum absolute atomic E-state index is 0.570. The van der Waals surface area contributed by atoms with Crippen LogP contribution < -0.4 is 10.1 Å². The maximum atomic E-state index is 6.13. The van der Waals surface area contributed by atoms with Crippen molar-refractivity contribution in [3.8, 4) is 5.75 Å². The van der Waals surface area contributed by atoms with Crippen LogP contribution >= 0.6 is 23.8 Å². The Kier molecular flexibility index (Phi) is 7.49. The van der Waals surface area contributed by atoms with Gasteiger partial charge in [-0.05, 0) is 48.8 Å². The van der Waals surface area contributed by atoms with E-state index in [0.717, 1.165) is 31.7 Å². The first-order valence-corrected chi connectivity index (χ1v) is 10.2. The third kappa shape index (κ3) is 5.95. The van der Waals surface area contributed by atoms with E-state index in [1.165, 1.54) is 11.1 Å². The van der Waals surface area contributed by atoms with Crippen molar-refractivity contribution in [1.29, 1.82) is 0 Å². The van der Waals surface area contributed by atoms with Crippen LogP contribution in [0.5, 0.6) is 5.75 Å². The fourth-order valence-electron chi connectivity index (χ4n) is 3.05. The molecule has 0 spiro atoms. The quantitative estimate of drug-likeness (QED) is 0.503. The second-order valence-corrected chi connectivity index (χ2v) is 7.58. The van der Waals surface area contributed by atoms with Crippen molar-refractivity contribution in [2.24, 2.45) is 0 Å². The normalized spacial score (nSPS) is 10.6. The highest BCUT2D eigenvalue weighted by Crippen LogP contribution is 2.27. The second kappa shape index (κ2) is 10.3.